The lowest BCUT2D eigenvalue weighted by molar-refractivity contribution is 0.288. The first-order valence-electron chi connectivity index (χ1n) is 8.00. The van der Waals surface area contributed by atoms with Crippen molar-refractivity contribution >= 4 is 18.4 Å². The van der Waals surface area contributed by atoms with Crippen LogP contribution in [0.3, 0.4) is 0 Å². The Labute approximate surface area is 152 Å². The monoisotopic (exact) mass is 352 g/mol. The number of benzene rings is 2. The molecule has 0 aliphatic rings. The fourth-order valence-electron chi connectivity index (χ4n) is 2.52. The molecule has 0 aliphatic carbocycles. The highest BCUT2D eigenvalue weighted by atomic mass is 32.1. The van der Waals surface area contributed by atoms with Crippen LogP contribution in [0.5, 0.6) is 5.75 Å². The van der Waals surface area contributed by atoms with Crippen LogP contribution in [0, 0.1) is 25.5 Å². The molecule has 3 aromatic rings. The van der Waals surface area contributed by atoms with Gasteiger partial charge in [0.1, 0.15) is 12.4 Å². The van der Waals surface area contributed by atoms with Gasteiger partial charge in [0.15, 0.2) is 5.82 Å². The molecular formula is C19H20N4OS. The highest BCUT2D eigenvalue weighted by Gasteiger charge is 2.07. The Morgan fingerprint density at radius 3 is 2.72 bits per heavy atom. The maximum atomic E-state index is 5.88. The van der Waals surface area contributed by atoms with Crippen molar-refractivity contribution in [3.63, 3.8) is 0 Å². The molecule has 0 unspecified atom stereocenters. The fraction of sp³-hybridized carbons (Fsp3) is 0.211. The van der Waals surface area contributed by atoms with Crippen molar-refractivity contribution in [2.75, 3.05) is 0 Å². The van der Waals surface area contributed by atoms with Gasteiger partial charge in [-0.1, -0.05) is 47.5 Å². The van der Waals surface area contributed by atoms with Gasteiger partial charge >= 0.3 is 0 Å². The smallest absolute Gasteiger partial charge is 0.216 e. The fourth-order valence-corrected chi connectivity index (χ4v) is 2.71. The van der Waals surface area contributed by atoms with Crippen LogP contribution >= 0.6 is 12.2 Å². The van der Waals surface area contributed by atoms with E-state index in [0.29, 0.717) is 10.6 Å². The van der Waals surface area contributed by atoms with Crippen LogP contribution < -0.4 is 4.74 Å². The largest absolute Gasteiger partial charge is 0.485 e. The summed E-state index contributed by atoms with van der Waals surface area (Å²) >= 11 is 5.26. The van der Waals surface area contributed by atoms with E-state index in [4.69, 9.17) is 17.0 Å². The normalized spacial score (nSPS) is 11.2. The van der Waals surface area contributed by atoms with E-state index >= 15 is 0 Å². The molecule has 0 amide bonds. The van der Waals surface area contributed by atoms with E-state index in [2.05, 4.69) is 34.4 Å². The lowest BCUT2D eigenvalue weighted by Gasteiger charge is -2.09. The summed E-state index contributed by atoms with van der Waals surface area (Å²) in [6, 6.07) is 14.2. The van der Waals surface area contributed by atoms with Crippen molar-refractivity contribution in [2.24, 2.45) is 5.10 Å². The molecule has 0 saturated heterocycles. The Kier molecular flexibility index (Phi) is 5.09. The third-order valence-corrected chi connectivity index (χ3v) is 4.03. The number of hydrogen-bond donors (Lipinski definition) is 1. The molecule has 1 aromatic heterocycles. The van der Waals surface area contributed by atoms with Crippen LogP contribution in [0.25, 0.3) is 0 Å². The van der Waals surface area contributed by atoms with E-state index in [1.165, 1.54) is 11.1 Å². The molecule has 0 atom stereocenters. The van der Waals surface area contributed by atoms with Crippen LogP contribution in [-0.2, 0) is 6.61 Å². The van der Waals surface area contributed by atoms with E-state index in [0.717, 1.165) is 16.9 Å². The van der Waals surface area contributed by atoms with Gasteiger partial charge < -0.3 is 4.74 Å². The lowest BCUT2D eigenvalue weighted by Crippen LogP contribution is -2.05. The lowest BCUT2D eigenvalue weighted by atomic mass is 10.1. The average molecular weight is 352 g/mol. The Hall–Kier alpha value is -2.73. The zero-order valence-corrected chi connectivity index (χ0v) is 15.3. The standard InChI is InChI=1S/C19H20N4OS/c1-13-5-4-6-16(10-13)11-20-23-18(21-22-19(23)25)12-24-17-8-7-14(2)9-15(17)3/h4-11H,12H2,1-3H3,(H,22,25)/b20-11-. The third kappa shape index (κ3) is 4.22. The number of ether oxygens (including phenoxy) is 1. The minimum absolute atomic E-state index is 0.280. The SMILES string of the molecule is Cc1cccc(/C=N\n2c(COc3ccc(C)cc3C)n[nH]c2=S)c1. The number of nitrogens with zero attached hydrogens (tertiary/aromatic N) is 3. The van der Waals surface area contributed by atoms with Crippen molar-refractivity contribution in [1.29, 1.82) is 0 Å². The Morgan fingerprint density at radius 2 is 1.96 bits per heavy atom. The maximum Gasteiger partial charge on any atom is 0.216 e. The third-order valence-electron chi connectivity index (χ3n) is 3.77. The predicted octanol–water partition coefficient (Wildman–Crippen LogP) is 4.33. The van der Waals surface area contributed by atoms with Crippen molar-refractivity contribution in [2.45, 2.75) is 27.4 Å². The Morgan fingerprint density at radius 1 is 1.16 bits per heavy atom. The Balaban J connectivity index is 1.78. The summed E-state index contributed by atoms with van der Waals surface area (Å²) in [5.41, 5.74) is 4.47. The van der Waals surface area contributed by atoms with E-state index in [1.807, 2.05) is 44.2 Å². The van der Waals surface area contributed by atoms with Crippen molar-refractivity contribution in [1.82, 2.24) is 14.9 Å². The van der Waals surface area contributed by atoms with Gasteiger partial charge in [-0.05, 0) is 50.2 Å². The second-order valence-electron chi connectivity index (χ2n) is 5.97. The van der Waals surface area contributed by atoms with Crippen LogP contribution in [0.4, 0.5) is 0 Å². The molecular weight excluding hydrogens is 332 g/mol. The molecule has 1 N–H and O–H groups in total. The molecule has 6 heteroatoms. The summed E-state index contributed by atoms with van der Waals surface area (Å²) in [6.45, 7) is 6.41. The summed E-state index contributed by atoms with van der Waals surface area (Å²) in [4.78, 5) is 0. The second-order valence-corrected chi connectivity index (χ2v) is 6.36. The topological polar surface area (TPSA) is 55.2 Å². The van der Waals surface area contributed by atoms with Gasteiger partial charge in [-0.2, -0.15) is 14.9 Å². The van der Waals surface area contributed by atoms with Crippen molar-refractivity contribution in [3.8, 4) is 5.75 Å². The molecule has 0 aliphatic heterocycles. The summed E-state index contributed by atoms with van der Waals surface area (Å²) in [5.74, 6) is 1.45. The molecule has 0 saturated carbocycles. The molecule has 3 rings (SSSR count). The molecule has 0 radical (unpaired) electrons. The highest BCUT2D eigenvalue weighted by Crippen LogP contribution is 2.19. The number of aromatic amines is 1. The van der Waals surface area contributed by atoms with Crippen LogP contribution in [-0.4, -0.2) is 21.1 Å². The zero-order valence-electron chi connectivity index (χ0n) is 14.5. The second kappa shape index (κ2) is 7.44. The van der Waals surface area contributed by atoms with Gasteiger partial charge in [0.05, 0.1) is 6.21 Å². The molecule has 0 fully saturated rings. The van der Waals surface area contributed by atoms with Crippen LogP contribution in [0.15, 0.2) is 47.6 Å². The van der Waals surface area contributed by atoms with Gasteiger partial charge in [0.2, 0.25) is 4.77 Å². The first kappa shape index (κ1) is 17.1. The number of aromatic nitrogens is 3. The predicted molar refractivity (Wildman–Crippen MR) is 102 cm³/mol. The molecule has 25 heavy (non-hydrogen) atoms. The van der Waals surface area contributed by atoms with Crippen LogP contribution in [0.1, 0.15) is 28.1 Å². The first-order chi connectivity index (χ1) is 12.0. The van der Waals surface area contributed by atoms with E-state index in [9.17, 15) is 0 Å². The summed E-state index contributed by atoms with van der Waals surface area (Å²) < 4.78 is 7.90. The highest BCUT2D eigenvalue weighted by molar-refractivity contribution is 7.71. The molecule has 128 valence electrons. The quantitative estimate of drug-likeness (QED) is 0.549. The van der Waals surface area contributed by atoms with Crippen molar-refractivity contribution < 1.29 is 4.74 Å². The number of hydrogen-bond acceptors (Lipinski definition) is 4. The number of aryl methyl sites for hydroxylation is 3. The average Bonchev–Trinajstić information content (AvgIpc) is 2.92. The van der Waals surface area contributed by atoms with Gasteiger partial charge in [-0.15, -0.1) is 0 Å². The van der Waals surface area contributed by atoms with Crippen LogP contribution in [0.2, 0.25) is 0 Å². The zero-order chi connectivity index (χ0) is 17.8. The number of rotatable bonds is 5. The number of nitrogens with one attached hydrogen (secondary N) is 1. The van der Waals surface area contributed by atoms with Gasteiger partial charge in [-0.25, -0.2) is 5.10 Å². The Bertz CT molecular complexity index is 972. The molecule has 1 heterocycles. The summed E-state index contributed by atoms with van der Waals surface area (Å²) in [6.07, 6.45) is 1.76. The summed E-state index contributed by atoms with van der Waals surface area (Å²) in [7, 11) is 0. The molecule has 2 aromatic carbocycles. The van der Waals surface area contributed by atoms with E-state index in [1.54, 1.807) is 10.9 Å². The first-order valence-corrected chi connectivity index (χ1v) is 8.41. The number of H-pyrrole nitrogens is 1. The van der Waals surface area contributed by atoms with E-state index in [-0.39, 0.29) is 6.61 Å². The minimum atomic E-state index is 0.280. The molecule has 0 spiro atoms. The van der Waals surface area contributed by atoms with Gasteiger partial charge in [0.25, 0.3) is 0 Å². The van der Waals surface area contributed by atoms with Crippen molar-refractivity contribution in [3.05, 3.63) is 75.3 Å². The van der Waals surface area contributed by atoms with Gasteiger partial charge in [-0.3, -0.25) is 0 Å². The molecule has 5 nitrogen and oxygen atoms in total. The minimum Gasteiger partial charge on any atom is -0.485 e. The summed E-state index contributed by atoms with van der Waals surface area (Å²) in [5, 5.41) is 11.4. The molecule has 0 bridgehead atoms. The maximum absolute atomic E-state index is 5.88. The van der Waals surface area contributed by atoms with Gasteiger partial charge in [0, 0.05) is 0 Å². The van der Waals surface area contributed by atoms with E-state index < -0.39 is 0 Å².